The van der Waals surface area contributed by atoms with Gasteiger partial charge in [-0.05, 0) is 82.6 Å². The number of hydrogen-bond donors (Lipinski definition) is 0. The van der Waals surface area contributed by atoms with Crippen LogP contribution in [-0.4, -0.2) is 4.98 Å². The van der Waals surface area contributed by atoms with Crippen molar-refractivity contribution in [3.63, 3.8) is 0 Å². The number of benzene rings is 8. The molecular formula is C47H28N2O2S. The number of aromatic nitrogens is 1. The topological polar surface area (TPSA) is 42.4 Å². The first kappa shape index (κ1) is 29.1. The summed E-state index contributed by atoms with van der Waals surface area (Å²) < 4.78 is 15.4. The smallest absolute Gasteiger partial charge is 0.228 e. The largest absolute Gasteiger partial charge is 0.456 e. The van der Waals surface area contributed by atoms with Gasteiger partial charge in [-0.1, -0.05) is 103 Å². The Kier molecular flexibility index (Phi) is 6.39. The molecule has 0 aliphatic rings. The third-order valence-electron chi connectivity index (χ3n) is 10.1. The predicted molar refractivity (Wildman–Crippen MR) is 217 cm³/mol. The molecule has 0 spiro atoms. The highest BCUT2D eigenvalue weighted by Gasteiger charge is 2.22. The Balaban J connectivity index is 1.13. The molecule has 3 heterocycles. The Bertz CT molecular complexity index is 3130. The molecule has 0 bridgehead atoms. The van der Waals surface area contributed by atoms with E-state index in [1.807, 2.05) is 47.7 Å². The Labute approximate surface area is 302 Å². The van der Waals surface area contributed by atoms with E-state index in [0.29, 0.717) is 5.89 Å². The van der Waals surface area contributed by atoms with Crippen LogP contribution in [0, 0.1) is 0 Å². The molecule has 0 aliphatic heterocycles. The van der Waals surface area contributed by atoms with Crippen LogP contribution in [-0.2, 0) is 0 Å². The van der Waals surface area contributed by atoms with Crippen LogP contribution in [0.4, 0.5) is 17.1 Å². The van der Waals surface area contributed by atoms with Crippen LogP contribution in [0.3, 0.4) is 0 Å². The summed E-state index contributed by atoms with van der Waals surface area (Å²) in [5.74, 6) is 0.585. The minimum absolute atomic E-state index is 0.585. The number of oxazole rings is 1. The number of anilines is 3. The summed E-state index contributed by atoms with van der Waals surface area (Å²) >= 11 is 1.83. The lowest BCUT2D eigenvalue weighted by atomic mass is 9.97. The molecule has 0 unspecified atom stereocenters. The summed E-state index contributed by atoms with van der Waals surface area (Å²) in [7, 11) is 0. The molecule has 0 atom stereocenters. The van der Waals surface area contributed by atoms with Gasteiger partial charge in [0, 0.05) is 49.2 Å². The van der Waals surface area contributed by atoms with Crippen molar-refractivity contribution in [2.45, 2.75) is 0 Å². The number of hydrogen-bond acceptors (Lipinski definition) is 5. The lowest BCUT2D eigenvalue weighted by Gasteiger charge is -2.26. The number of nitrogens with zero attached hydrogens (tertiary/aromatic N) is 2. The van der Waals surface area contributed by atoms with Crippen molar-refractivity contribution in [1.82, 2.24) is 4.98 Å². The summed E-state index contributed by atoms with van der Waals surface area (Å²) in [6, 6.07) is 59.8. The molecule has 0 N–H and O–H groups in total. The van der Waals surface area contributed by atoms with Gasteiger partial charge in [-0.25, -0.2) is 4.98 Å². The molecule has 52 heavy (non-hydrogen) atoms. The van der Waals surface area contributed by atoms with Crippen LogP contribution >= 0.6 is 11.3 Å². The molecule has 0 radical (unpaired) electrons. The molecule has 244 valence electrons. The zero-order valence-electron chi connectivity index (χ0n) is 27.8. The third kappa shape index (κ3) is 4.50. The molecule has 11 rings (SSSR count). The van der Waals surface area contributed by atoms with Crippen LogP contribution < -0.4 is 4.90 Å². The van der Waals surface area contributed by atoms with E-state index in [1.54, 1.807) is 0 Å². The van der Waals surface area contributed by atoms with Crippen molar-refractivity contribution in [1.29, 1.82) is 0 Å². The maximum Gasteiger partial charge on any atom is 0.228 e. The summed E-state index contributed by atoms with van der Waals surface area (Å²) in [5, 5.41) is 6.99. The fraction of sp³-hybridized carbons (Fsp3) is 0. The molecule has 0 amide bonds. The van der Waals surface area contributed by atoms with Crippen molar-refractivity contribution in [2.75, 3.05) is 4.90 Å². The minimum Gasteiger partial charge on any atom is -0.456 e. The van der Waals surface area contributed by atoms with Gasteiger partial charge in [-0.2, -0.15) is 0 Å². The van der Waals surface area contributed by atoms with Crippen molar-refractivity contribution in [3.05, 3.63) is 170 Å². The minimum atomic E-state index is 0.585. The van der Waals surface area contributed by atoms with Gasteiger partial charge in [-0.3, -0.25) is 0 Å². The molecule has 0 saturated heterocycles. The summed E-state index contributed by atoms with van der Waals surface area (Å²) in [5.41, 5.74) is 9.68. The average Bonchev–Trinajstić information content (AvgIpc) is 3.91. The van der Waals surface area contributed by atoms with Gasteiger partial charge in [0.05, 0.1) is 10.4 Å². The summed E-state index contributed by atoms with van der Waals surface area (Å²) in [6.45, 7) is 0. The van der Waals surface area contributed by atoms with Crippen LogP contribution in [0.2, 0.25) is 0 Å². The maximum atomic E-state index is 6.63. The SMILES string of the molecule is c1cc(-c2cccc3ccccc23)cc(N(c2ccc3c(c2)oc2cccc(-c4nc5ccccc5o4)c23)c2cccc3c2sc2ccccc23)c1. The van der Waals surface area contributed by atoms with E-state index in [0.717, 1.165) is 61.2 Å². The van der Waals surface area contributed by atoms with Crippen LogP contribution in [0.1, 0.15) is 0 Å². The van der Waals surface area contributed by atoms with Gasteiger partial charge in [0.15, 0.2) is 5.58 Å². The lowest BCUT2D eigenvalue weighted by molar-refractivity contribution is 0.620. The second-order valence-electron chi connectivity index (χ2n) is 13.1. The number of rotatable bonds is 5. The Hall–Kier alpha value is -6.69. The average molecular weight is 685 g/mol. The van der Waals surface area contributed by atoms with Crippen molar-refractivity contribution >= 4 is 92.4 Å². The van der Waals surface area contributed by atoms with E-state index >= 15 is 0 Å². The second kappa shape index (κ2) is 11.4. The maximum absolute atomic E-state index is 6.63. The molecule has 0 fully saturated rings. The normalized spacial score (nSPS) is 11.8. The van der Waals surface area contributed by atoms with Gasteiger partial charge in [0.1, 0.15) is 16.7 Å². The Morgan fingerprint density at radius 3 is 2.17 bits per heavy atom. The van der Waals surface area contributed by atoms with Crippen molar-refractivity contribution in [3.8, 4) is 22.6 Å². The van der Waals surface area contributed by atoms with Crippen molar-refractivity contribution < 1.29 is 8.83 Å². The lowest BCUT2D eigenvalue weighted by Crippen LogP contribution is -2.10. The van der Waals surface area contributed by atoms with Crippen LogP contribution in [0.5, 0.6) is 0 Å². The monoisotopic (exact) mass is 684 g/mol. The molecule has 8 aromatic carbocycles. The highest BCUT2D eigenvalue weighted by Crippen LogP contribution is 2.47. The van der Waals surface area contributed by atoms with E-state index in [1.165, 1.54) is 36.5 Å². The molecule has 0 aliphatic carbocycles. The zero-order valence-corrected chi connectivity index (χ0v) is 28.6. The molecule has 5 heteroatoms. The van der Waals surface area contributed by atoms with E-state index in [-0.39, 0.29) is 0 Å². The van der Waals surface area contributed by atoms with Crippen LogP contribution in [0.15, 0.2) is 179 Å². The van der Waals surface area contributed by atoms with Crippen LogP contribution in [0.25, 0.3) is 86.6 Å². The highest BCUT2D eigenvalue weighted by molar-refractivity contribution is 7.26. The number of fused-ring (bicyclic) bond motifs is 8. The first-order valence-corrected chi connectivity index (χ1v) is 18.2. The molecule has 11 aromatic rings. The number of furan rings is 1. The molecule has 4 nitrogen and oxygen atoms in total. The summed E-state index contributed by atoms with van der Waals surface area (Å²) in [4.78, 5) is 7.20. The standard InChI is InChI=1S/C47H28N2O2S/c1-2-15-33-29(11-1)12-8-17-34(33)30-13-7-14-31(27-30)49(40-21-9-18-36-35-16-3-6-24-44(35)52-46(36)40)32-25-26-37-43(28-32)50-42-23-10-19-38(45(37)42)47-48-39-20-4-5-22-41(39)51-47/h1-28H. The fourth-order valence-electron chi connectivity index (χ4n) is 7.74. The van der Waals surface area contributed by atoms with Gasteiger partial charge in [0.25, 0.3) is 0 Å². The molecular weight excluding hydrogens is 657 g/mol. The number of thiophene rings is 1. The van der Waals surface area contributed by atoms with Gasteiger partial charge in [-0.15, -0.1) is 11.3 Å². The van der Waals surface area contributed by atoms with E-state index in [4.69, 9.17) is 13.8 Å². The predicted octanol–water partition coefficient (Wildman–Crippen LogP) is 14.1. The first-order chi connectivity index (χ1) is 25.8. The zero-order chi connectivity index (χ0) is 34.2. The van der Waals surface area contributed by atoms with Gasteiger partial charge < -0.3 is 13.7 Å². The highest BCUT2D eigenvalue weighted by atomic mass is 32.1. The third-order valence-corrected chi connectivity index (χ3v) is 11.3. The fourth-order valence-corrected chi connectivity index (χ4v) is 8.95. The van der Waals surface area contributed by atoms with E-state index in [9.17, 15) is 0 Å². The molecule has 0 saturated carbocycles. The van der Waals surface area contributed by atoms with Gasteiger partial charge in [0.2, 0.25) is 5.89 Å². The Morgan fingerprint density at radius 1 is 0.481 bits per heavy atom. The second-order valence-corrected chi connectivity index (χ2v) is 14.2. The quantitative estimate of drug-likeness (QED) is 0.181. The summed E-state index contributed by atoms with van der Waals surface area (Å²) in [6.07, 6.45) is 0. The molecule has 3 aromatic heterocycles. The Morgan fingerprint density at radius 2 is 1.21 bits per heavy atom. The van der Waals surface area contributed by atoms with Crippen molar-refractivity contribution in [2.24, 2.45) is 0 Å². The van der Waals surface area contributed by atoms with E-state index < -0.39 is 0 Å². The number of para-hydroxylation sites is 2. The van der Waals surface area contributed by atoms with E-state index in [2.05, 4.69) is 138 Å². The first-order valence-electron chi connectivity index (χ1n) is 17.4. The van der Waals surface area contributed by atoms with Gasteiger partial charge >= 0.3 is 0 Å².